The van der Waals surface area contributed by atoms with Crippen molar-refractivity contribution in [3.05, 3.63) is 48.5 Å². The number of aromatic nitrogens is 4. The van der Waals surface area contributed by atoms with E-state index in [1.165, 1.54) is 0 Å². The van der Waals surface area contributed by atoms with Crippen LogP contribution in [0.4, 0.5) is 0 Å². The molecule has 2 aromatic heterocycles. The van der Waals surface area contributed by atoms with Crippen molar-refractivity contribution in [1.82, 2.24) is 30.0 Å². The Balaban J connectivity index is 0.00000140. The van der Waals surface area contributed by atoms with Crippen molar-refractivity contribution in [3.8, 4) is 0 Å². The number of piperidine rings is 1. The molecule has 3 heterocycles. The van der Waals surface area contributed by atoms with Gasteiger partial charge in [-0.05, 0) is 51.1 Å². The highest BCUT2D eigenvalue weighted by atomic mass is 35.5. The summed E-state index contributed by atoms with van der Waals surface area (Å²) in [5, 5.41) is 10.8. The van der Waals surface area contributed by atoms with Crippen LogP contribution in [-0.4, -0.2) is 44.9 Å². The van der Waals surface area contributed by atoms with Gasteiger partial charge in [0.1, 0.15) is 11.4 Å². The number of fused-ring (bicyclic) bond motifs is 1. The second-order valence-corrected chi connectivity index (χ2v) is 6.79. The van der Waals surface area contributed by atoms with Crippen molar-refractivity contribution in [2.75, 3.05) is 19.6 Å². The molecule has 4 rings (SSSR count). The number of aryl methyl sites for hydroxylation is 1. The Morgan fingerprint density at radius 2 is 1.96 bits per heavy atom. The van der Waals surface area contributed by atoms with Crippen LogP contribution >= 0.6 is 24.8 Å². The molecule has 1 aliphatic rings. The first-order valence-corrected chi connectivity index (χ1v) is 9.12. The van der Waals surface area contributed by atoms with Crippen molar-refractivity contribution in [1.29, 1.82) is 0 Å². The van der Waals surface area contributed by atoms with Crippen LogP contribution in [0.15, 0.2) is 42.7 Å². The predicted octanol–water partition coefficient (Wildman–Crippen LogP) is 2.28. The van der Waals surface area contributed by atoms with Crippen molar-refractivity contribution in [2.45, 2.75) is 31.8 Å². The molecular formula is C19H26Cl2N6O. The molecule has 0 bridgehead atoms. The SMILES string of the molecule is Cc1nc2ccccc2n1CCNC(=O)C1(n2cccn2)CCNCC1.Cl.Cl. The molecule has 0 saturated carbocycles. The van der Waals surface area contributed by atoms with Gasteiger partial charge in [-0.3, -0.25) is 9.48 Å². The first kappa shape index (κ1) is 22.2. The number of rotatable bonds is 5. The third-order valence-corrected chi connectivity index (χ3v) is 5.26. The lowest BCUT2D eigenvalue weighted by Crippen LogP contribution is -2.55. The molecule has 0 spiro atoms. The number of carbonyl (C=O) groups is 1. The van der Waals surface area contributed by atoms with E-state index in [1.807, 2.05) is 42.1 Å². The van der Waals surface area contributed by atoms with Gasteiger partial charge in [0.25, 0.3) is 0 Å². The van der Waals surface area contributed by atoms with Crippen LogP contribution in [0.5, 0.6) is 0 Å². The maximum Gasteiger partial charge on any atom is 0.248 e. The first-order chi connectivity index (χ1) is 12.7. The Morgan fingerprint density at radius 3 is 2.68 bits per heavy atom. The quantitative estimate of drug-likeness (QED) is 0.658. The van der Waals surface area contributed by atoms with Gasteiger partial charge in [-0.15, -0.1) is 24.8 Å². The predicted molar refractivity (Wildman–Crippen MR) is 114 cm³/mol. The molecule has 0 radical (unpaired) electrons. The summed E-state index contributed by atoms with van der Waals surface area (Å²) in [4.78, 5) is 17.7. The maximum absolute atomic E-state index is 13.1. The fourth-order valence-corrected chi connectivity index (χ4v) is 3.85. The van der Waals surface area contributed by atoms with Crippen molar-refractivity contribution >= 4 is 41.8 Å². The molecule has 1 aromatic carbocycles. The van der Waals surface area contributed by atoms with Crippen LogP contribution < -0.4 is 10.6 Å². The number of hydrogen-bond acceptors (Lipinski definition) is 4. The lowest BCUT2D eigenvalue weighted by molar-refractivity contribution is -0.132. The molecule has 2 N–H and O–H groups in total. The van der Waals surface area contributed by atoms with Crippen LogP contribution in [0.3, 0.4) is 0 Å². The highest BCUT2D eigenvalue weighted by Gasteiger charge is 2.41. The van der Waals surface area contributed by atoms with Gasteiger partial charge >= 0.3 is 0 Å². The Hall–Kier alpha value is -2.09. The highest BCUT2D eigenvalue weighted by molar-refractivity contribution is 5.86. The van der Waals surface area contributed by atoms with Crippen molar-refractivity contribution in [3.63, 3.8) is 0 Å². The van der Waals surface area contributed by atoms with Gasteiger partial charge in [0.2, 0.25) is 5.91 Å². The number of amides is 1. The molecule has 1 amide bonds. The van der Waals surface area contributed by atoms with E-state index < -0.39 is 5.54 Å². The number of benzene rings is 1. The zero-order chi connectivity index (χ0) is 18.0. The average Bonchev–Trinajstić information content (AvgIpc) is 3.31. The summed E-state index contributed by atoms with van der Waals surface area (Å²) >= 11 is 0. The second-order valence-electron chi connectivity index (χ2n) is 6.79. The Morgan fingerprint density at radius 1 is 1.21 bits per heavy atom. The molecule has 7 nitrogen and oxygen atoms in total. The molecular weight excluding hydrogens is 399 g/mol. The summed E-state index contributed by atoms with van der Waals surface area (Å²) in [6, 6.07) is 9.96. The van der Waals surface area contributed by atoms with Crippen molar-refractivity contribution < 1.29 is 4.79 Å². The second kappa shape index (κ2) is 9.41. The zero-order valence-electron chi connectivity index (χ0n) is 15.8. The third-order valence-electron chi connectivity index (χ3n) is 5.26. The fraction of sp³-hybridized carbons (Fsp3) is 0.421. The van der Waals surface area contributed by atoms with Crippen LogP contribution in [0.25, 0.3) is 11.0 Å². The van der Waals surface area contributed by atoms with E-state index >= 15 is 0 Å². The molecule has 1 aliphatic heterocycles. The van der Waals surface area contributed by atoms with E-state index in [0.717, 1.165) is 42.8 Å². The van der Waals surface area contributed by atoms with Crippen LogP contribution in [0, 0.1) is 6.92 Å². The van der Waals surface area contributed by atoms with Gasteiger partial charge in [-0.25, -0.2) is 4.98 Å². The lowest BCUT2D eigenvalue weighted by Gasteiger charge is -2.36. The Bertz CT molecular complexity index is 902. The van der Waals surface area contributed by atoms with Crippen LogP contribution in [0.1, 0.15) is 18.7 Å². The first-order valence-electron chi connectivity index (χ1n) is 9.12. The largest absolute Gasteiger partial charge is 0.352 e. The molecule has 0 atom stereocenters. The van der Waals surface area contributed by atoms with Crippen LogP contribution in [-0.2, 0) is 16.9 Å². The number of halogens is 2. The van der Waals surface area contributed by atoms with Gasteiger partial charge in [0.05, 0.1) is 11.0 Å². The summed E-state index contributed by atoms with van der Waals surface area (Å²) < 4.78 is 3.97. The maximum atomic E-state index is 13.1. The van der Waals surface area contributed by atoms with Crippen molar-refractivity contribution in [2.24, 2.45) is 0 Å². The van der Waals surface area contributed by atoms with E-state index in [4.69, 9.17) is 0 Å². The number of carbonyl (C=O) groups excluding carboxylic acids is 1. The summed E-state index contributed by atoms with van der Waals surface area (Å²) in [6.07, 6.45) is 5.11. The molecule has 1 saturated heterocycles. The summed E-state index contributed by atoms with van der Waals surface area (Å²) in [6.45, 7) is 4.90. The molecule has 0 unspecified atom stereocenters. The molecule has 0 aliphatic carbocycles. The average molecular weight is 425 g/mol. The Labute approximate surface area is 176 Å². The number of nitrogens with zero attached hydrogens (tertiary/aromatic N) is 4. The van der Waals surface area contributed by atoms with E-state index in [9.17, 15) is 4.79 Å². The van der Waals surface area contributed by atoms with E-state index in [-0.39, 0.29) is 30.7 Å². The lowest BCUT2D eigenvalue weighted by atomic mass is 9.87. The van der Waals surface area contributed by atoms with E-state index in [2.05, 4.69) is 31.3 Å². The molecule has 28 heavy (non-hydrogen) atoms. The summed E-state index contributed by atoms with van der Waals surface area (Å²) in [5.41, 5.74) is 1.49. The van der Waals surface area contributed by atoms with Gasteiger partial charge in [-0.2, -0.15) is 5.10 Å². The van der Waals surface area contributed by atoms with Gasteiger partial charge in [0, 0.05) is 25.5 Å². The minimum absolute atomic E-state index is 0. The summed E-state index contributed by atoms with van der Waals surface area (Å²) in [5.74, 6) is 1.01. The van der Waals surface area contributed by atoms with Crippen LogP contribution in [0.2, 0.25) is 0 Å². The number of imidazole rings is 1. The monoisotopic (exact) mass is 424 g/mol. The topological polar surface area (TPSA) is 76.8 Å². The number of nitrogens with one attached hydrogen (secondary N) is 2. The Kier molecular flexibility index (Phi) is 7.46. The minimum Gasteiger partial charge on any atom is -0.352 e. The normalized spacial score (nSPS) is 15.5. The molecule has 3 aromatic rings. The van der Waals surface area contributed by atoms with Gasteiger partial charge in [0.15, 0.2) is 0 Å². The van der Waals surface area contributed by atoms with E-state index in [1.54, 1.807) is 6.20 Å². The molecule has 9 heteroatoms. The van der Waals surface area contributed by atoms with Gasteiger partial charge in [-0.1, -0.05) is 12.1 Å². The number of hydrogen-bond donors (Lipinski definition) is 2. The van der Waals surface area contributed by atoms with E-state index in [0.29, 0.717) is 13.1 Å². The molecule has 1 fully saturated rings. The summed E-state index contributed by atoms with van der Waals surface area (Å²) in [7, 11) is 0. The zero-order valence-corrected chi connectivity index (χ0v) is 17.4. The smallest absolute Gasteiger partial charge is 0.248 e. The third kappa shape index (κ3) is 4.01. The molecule has 152 valence electrons. The van der Waals surface area contributed by atoms with Gasteiger partial charge < -0.3 is 15.2 Å². The fourth-order valence-electron chi connectivity index (χ4n) is 3.85. The highest BCUT2D eigenvalue weighted by Crippen LogP contribution is 2.27. The minimum atomic E-state index is -0.596. The number of para-hydroxylation sites is 2. The standard InChI is InChI=1S/C19H24N6O.2ClH/c1-15-23-16-5-2-3-6-17(16)24(15)14-12-21-18(26)19(7-10-20-11-8-19)25-13-4-9-22-25;;/h2-6,9,13,20H,7-8,10-12,14H2,1H3,(H,21,26);2*1H.